The zero-order valence-electron chi connectivity index (χ0n) is 16.9. The quantitative estimate of drug-likeness (QED) is 0.235. The van der Waals surface area contributed by atoms with Gasteiger partial charge in [-0.1, -0.05) is 34.8 Å². The van der Waals surface area contributed by atoms with E-state index in [1.807, 2.05) is 0 Å². The van der Waals surface area contributed by atoms with Crippen molar-refractivity contribution in [3.63, 3.8) is 0 Å². The van der Waals surface area contributed by atoms with Crippen LogP contribution < -0.4 is 0 Å². The summed E-state index contributed by atoms with van der Waals surface area (Å²) in [4.78, 5) is 39.4. The number of carbonyl (C=O) groups is 3. The Morgan fingerprint density at radius 2 is 1.16 bits per heavy atom. The number of carboxylic acids is 1. The Morgan fingerprint density at radius 1 is 0.730 bits per heavy atom. The summed E-state index contributed by atoms with van der Waals surface area (Å²) in [6.45, 7) is 0. The van der Waals surface area contributed by atoms with E-state index < -0.39 is 63.8 Å². The fourth-order valence-corrected chi connectivity index (χ4v) is 2.35. The number of hydrogen-bond acceptors (Lipinski definition) is 6. The number of nitrogens with zero attached hydrogens (tertiary/aromatic N) is 3. The first-order valence-electron chi connectivity index (χ1n) is 8.24. The second kappa shape index (κ2) is 14.6. The SMILES string of the molecule is O.O=C(Cl)c1cc(Cl)c(Cl)c(Cl)n1.O=C(F)c1cc(F)c(F)c(F)n1.O=C(O)c1cc(F)c(F)c(F)n1. The van der Waals surface area contributed by atoms with Gasteiger partial charge in [0.05, 0.1) is 10.0 Å². The molecule has 3 rings (SSSR count). The van der Waals surface area contributed by atoms with Gasteiger partial charge in [-0.15, -0.1) is 0 Å². The van der Waals surface area contributed by atoms with E-state index in [4.69, 9.17) is 51.5 Å². The number of aromatic carboxylic acids is 1. The van der Waals surface area contributed by atoms with E-state index in [0.29, 0.717) is 6.07 Å². The molecule has 19 heteroatoms. The minimum atomic E-state index is -2.12. The molecule has 200 valence electrons. The van der Waals surface area contributed by atoms with Gasteiger partial charge in [0.1, 0.15) is 16.5 Å². The molecule has 0 aliphatic heterocycles. The third-order valence-electron chi connectivity index (χ3n) is 3.24. The van der Waals surface area contributed by atoms with Crippen LogP contribution in [0.25, 0.3) is 0 Å². The summed E-state index contributed by atoms with van der Waals surface area (Å²) in [5.41, 5.74) is -1.98. The lowest BCUT2D eigenvalue weighted by molar-refractivity contribution is 0.0687. The van der Waals surface area contributed by atoms with Crippen molar-refractivity contribution in [3.8, 4) is 0 Å². The van der Waals surface area contributed by atoms with E-state index in [1.165, 1.54) is 6.07 Å². The number of carbonyl (C=O) groups excluding carboxylic acids is 2. The van der Waals surface area contributed by atoms with Gasteiger partial charge in [0.15, 0.2) is 17.3 Å². The zero-order valence-corrected chi connectivity index (χ0v) is 19.9. The van der Waals surface area contributed by atoms with Gasteiger partial charge in [-0.3, -0.25) is 9.59 Å². The summed E-state index contributed by atoms with van der Waals surface area (Å²) >= 11 is 21.8. The summed E-state index contributed by atoms with van der Waals surface area (Å²) in [6.07, 6.45) is 0. The normalized spacial score (nSPS) is 9.70. The molecule has 0 amide bonds. The first-order chi connectivity index (χ1) is 16.6. The summed E-state index contributed by atoms with van der Waals surface area (Å²) in [5.74, 6) is -12.0. The van der Waals surface area contributed by atoms with Crippen LogP contribution in [0.3, 0.4) is 0 Å². The first kappa shape index (κ1) is 33.9. The van der Waals surface area contributed by atoms with E-state index in [2.05, 4.69) is 15.0 Å². The van der Waals surface area contributed by atoms with E-state index >= 15 is 0 Å². The van der Waals surface area contributed by atoms with E-state index in [0.717, 1.165) is 0 Å². The van der Waals surface area contributed by atoms with Crippen LogP contribution in [0.1, 0.15) is 31.5 Å². The average Bonchev–Trinajstić information content (AvgIpc) is 2.79. The summed E-state index contributed by atoms with van der Waals surface area (Å²) in [7, 11) is 0. The molecule has 3 aromatic heterocycles. The Kier molecular flexibility index (Phi) is 13.4. The third kappa shape index (κ3) is 9.70. The number of pyridine rings is 3. The molecule has 0 bridgehead atoms. The molecule has 3 aromatic rings. The van der Waals surface area contributed by atoms with Crippen LogP contribution in [0.15, 0.2) is 18.2 Å². The van der Waals surface area contributed by atoms with Gasteiger partial charge < -0.3 is 10.6 Å². The Balaban J connectivity index is 0.000000518. The van der Waals surface area contributed by atoms with Gasteiger partial charge in [0.2, 0.25) is 11.6 Å². The van der Waals surface area contributed by atoms with Crippen LogP contribution in [0.4, 0.5) is 30.7 Å². The fraction of sp³-hybridized carbons (Fsp3) is 0. The molecule has 8 nitrogen and oxygen atoms in total. The lowest BCUT2D eigenvalue weighted by Gasteiger charge is -1.99. The minimum absolute atomic E-state index is 0. The summed E-state index contributed by atoms with van der Waals surface area (Å²) < 4.78 is 84.9. The second-order valence-corrected chi connectivity index (χ2v) is 7.12. The van der Waals surface area contributed by atoms with Gasteiger partial charge in [0.25, 0.3) is 17.1 Å². The topological polar surface area (TPSA) is 142 Å². The number of carboxylic acid groups (broad SMARTS) is 1. The molecule has 0 aliphatic rings. The molecule has 0 radical (unpaired) electrons. The maximum atomic E-state index is 12.3. The molecule has 0 spiro atoms. The Bertz CT molecular complexity index is 1120. The van der Waals surface area contributed by atoms with Crippen molar-refractivity contribution in [2.75, 3.05) is 0 Å². The predicted octanol–water partition coefficient (Wildman–Crippen LogP) is 5.40. The van der Waals surface area contributed by atoms with Crippen molar-refractivity contribution in [2.45, 2.75) is 0 Å². The molecule has 0 aromatic carbocycles. The average molecular weight is 619 g/mol. The third-order valence-corrected chi connectivity index (χ3v) is 4.58. The van der Waals surface area contributed by atoms with Crippen LogP contribution in [-0.4, -0.2) is 42.8 Å². The monoisotopic (exact) mass is 617 g/mol. The van der Waals surface area contributed by atoms with Crippen molar-refractivity contribution in [3.05, 3.63) is 85.6 Å². The van der Waals surface area contributed by atoms with Gasteiger partial charge in [-0.2, -0.15) is 22.0 Å². The first-order valence-corrected chi connectivity index (χ1v) is 9.75. The highest BCUT2D eigenvalue weighted by Crippen LogP contribution is 2.29. The number of hydrogen-bond donors (Lipinski definition) is 1. The lowest BCUT2D eigenvalue weighted by atomic mass is 10.3. The molecule has 0 unspecified atom stereocenters. The number of rotatable bonds is 3. The maximum Gasteiger partial charge on any atom is 0.354 e. The van der Waals surface area contributed by atoms with Crippen LogP contribution in [0.2, 0.25) is 15.2 Å². The van der Waals surface area contributed by atoms with Gasteiger partial charge >= 0.3 is 12.0 Å². The van der Waals surface area contributed by atoms with E-state index in [9.17, 15) is 45.1 Å². The largest absolute Gasteiger partial charge is 0.477 e. The van der Waals surface area contributed by atoms with Gasteiger partial charge in [0, 0.05) is 12.1 Å². The molecule has 0 saturated carbocycles. The van der Waals surface area contributed by atoms with Gasteiger partial charge in [-0.05, 0) is 17.7 Å². The van der Waals surface area contributed by atoms with Crippen molar-refractivity contribution in [1.29, 1.82) is 0 Å². The molecule has 37 heavy (non-hydrogen) atoms. The molecule has 0 atom stereocenters. The lowest BCUT2D eigenvalue weighted by Crippen LogP contribution is -2.05. The highest BCUT2D eigenvalue weighted by Gasteiger charge is 2.17. The van der Waals surface area contributed by atoms with Crippen molar-refractivity contribution < 1.29 is 55.7 Å². The highest BCUT2D eigenvalue weighted by molar-refractivity contribution is 6.67. The summed E-state index contributed by atoms with van der Waals surface area (Å²) in [6, 6.07) is -0.375. The van der Waals surface area contributed by atoms with Crippen LogP contribution in [0.5, 0.6) is 0 Å². The predicted molar refractivity (Wildman–Crippen MR) is 114 cm³/mol. The second-order valence-electron chi connectivity index (χ2n) is 5.63. The van der Waals surface area contributed by atoms with Crippen LogP contribution in [0, 0.1) is 35.2 Å². The van der Waals surface area contributed by atoms with E-state index in [1.54, 1.807) is 0 Å². The van der Waals surface area contributed by atoms with Crippen LogP contribution >= 0.6 is 46.4 Å². The highest BCUT2D eigenvalue weighted by atomic mass is 35.5. The fourth-order valence-electron chi connectivity index (χ4n) is 1.72. The molecule has 3 heterocycles. The Hall–Kier alpha value is -3.11. The molecular weight excluding hydrogens is 613 g/mol. The molecular formula is C18H6Cl4F7N3O5. The molecule has 0 fully saturated rings. The molecule has 3 N–H and O–H groups in total. The van der Waals surface area contributed by atoms with Crippen molar-refractivity contribution in [1.82, 2.24) is 15.0 Å². The molecule has 0 aliphatic carbocycles. The van der Waals surface area contributed by atoms with Crippen molar-refractivity contribution in [2.24, 2.45) is 0 Å². The Morgan fingerprint density at radius 3 is 1.51 bits per heavy atom. The number of aromatic nitrogens is 3. The minimum Gasteiger partial charge on any atom is -0.477 e. The summed E-state index contributed by atoms with van der Waals surface area (Å²) in [5, 5.41) is 7.71. The smallest absolute Gasteiger partial charge is 0.354 e. The van der Waals surface area contributed by atoms with Gasteiger partial charge in [-0.25, -0.2) is 28.5 Å². The van der Waals surface area contributed by atoms with Crippen molar-refractivity contribution >= 4 is 63.7 Å². The van der Waals surface area contributed by atoms with E-state index in [-0.39, 0.29) is 32.4 Å². The maximum absolute atomic E-state index is 12.3. The zero-order chi connectivity index (χ0) is 27.9. The molecule has 0 saturated heterocycles. The standard InChI is InChI=1S/C6HCl4NO.C6HF4NO.C6H2F3NO2.H2O/c2*7-2-1-3(6(10)12)11-5(9)4(2)8;7-2-1-3(6(11)12)10-5(9)4(2)8;/h2*1H;1H,(H,11,12);1H2. The number of halogens is 11. The van der Waals surface area contributed by atoms with Crippen LogP contribution in [-0.2, 0) is 0 Å². The Labute approximate surface area is 219 Å².